The van der Waals surface area contributed by atoms with E-state index in [1.165, 1.54) is 0 Å². The van der Waals surface area contributed by atoms with Crippen LogP contribution in [0.25, 0.3) is 21.8 Å². The van der Waals surface area contributed by atoms with Gasteiger partial charge in [0.15, 0.2) is 0 Å². The van der Waals surface area contributed by atoms with Crippen molar-refractivity contribution in [3.63, 3.8) is 0 Å². The number of sulfonamides is 1. The summed E-state index contributed by atoms with van der Waals surface area (Å²) in [6.45, 7) is 4.39. The Morgan fingerprint density at radius 1 is 1.06 bits per heavy atom. The van der Waals surface area contributed by atoms with Gasteiger partial charge in [-0.05, 0) is 43.0 Å². The fraction of sp³-hybridized carbons (Fsp3) is 0.292. The number of aryl methyl sites for hydroxylation is 1. The van der Waals surface area contributed by atoms with Crippen molar-refractivity contribution in [1.29, 1.82) is 0 Å². The summed E-state index contributed by atoms with van der Waals surface area (Å²) in [6.07, 6.45) is 4.10. The number of nitrogens with zero attached hydrogens (tertiary/aromatic N) is 3. The lowest BCUT2D eigenvalue weighted by molar-refractivity contribution is 0.0981. The van der Waals surface area contributed by atoms with E-state index in [1.807, 2.05) is 54.9 Å². The number of pyridine rings is 1. The Hall–Kier alpha value is -3.26. The predicted octanol–water partition coefficient (Wildman–Crippen LogP) is 4.19. The molecule has 0 atom stereocenters. The third kappa shape index (κ3) is 4.80. The lowest BCUT2D eigenvalue weighted by Crippen LogP contribution is -2.32. The van der Waals surface area contributed by atoms with Crippen LogP contribution in [0.3, 0.4) is 0 Å². The van der Waals surface area contributed by atoms with Crippen LogP contribution in [0.1, 0.15) is 48.1 Å². The van der Waals surface area contributed by atoms with E-state index < -0.39 is 15.9 Å². The van der Waals surface area contributed by atoms with Crippen LogP contribution in [0, 0.1) is 6.92 Å². The Labute approximate surface area is 187 Å². The van der Waals surface area contributed by atoms with Gasteiger partial charge in [0, 0.05) is 17.1 Å². The highest BCUT2D eigenvalue weighted by Gasteiger charge is 2.18. The molecule has 0 spiro atoms. The fourth-order valence-electron chi connectivity index (χ4n) is 3.75. The van der Waals surface area contributed by atoms with E-state index in [4.69, 9.17) is 0 Å². The topological polar surface area (TPSA) is 94.0 Å². The van der Waals surface area contributed by atoms with Crippen LogP contribution >= 0.6 is 0 Å². The first-order valence-corrected chi connectivity index (χ1v) is 12.4. The smallest absolute Gasteiger partial charge is 0.264 e. The first-order valence-electron chi connectivity index (χ1n) is 10.7. The number of rotatable bonds is 8. The number of nitrogens with one attached hydrogen (secondary N) is 1. The molecule has 0 saturated heterocycles. The molecule has 0 saturated carbocycles. The van der Waals surface area contributed by atoms with Crippen LogP contribution in [-0.4, -0.2) is 34.6 Å². The van der Waals surface area contributed by atoms with Gasteiger partial charge in [-0.15, -0.1) is 0 Å². The summed E-state index contributed by atoms with van der Waals surface area (Å²) in [7, 11) is -3.66. The number of carbonyl (C=O) groups excluding carboxylic acids is 1. The van der Waals surface area contributed by atoms with Gasteiger partial charge >= 0.3 is 0 Å². The maximum Gasteiger partial charge on any atom is 0.264 e. The molecule has 0 aliphatic carbocycles. The lowest BCUT2D eigenvalue weighted by atomic mass is 10.1. The predicted molar refractivity (Wildman–Crippen MR) is 126 cm³/mol. The standard InChI is InChI=1S/C24H26N4O3S/c1-3-4-7-12-32(30,31)27-24(29)19-10-11-22-23(14-19)28(17(2)26-22)16-21-13-18-8-5-6-9-20(18)15-25-21/h5-6,8-11,13-15H,3-4,7,12,16H2,1-2H3,(H,27,29). The van der Waals surface area contributed by atoms with Gasteiger partial charge < -0.3 is 4.57 Å². The first-order chi connectivity index (χ1) is 15.4. The summed E-state index contributed by atoms with van der Waals surface area (Å²) >= 11 is 0. The second-order valence-electron chi connectivity index (χ2n) is 7.93. The molecule has 0 bridgehead atoms. The summed E-state index contributed by atoms with van der Waals surface area (Å²) in [5.74, 6) is 0.108. The van der Waals surface area contributed by atoms with E-state index in [0.29, 0.717) is 13.0 Å². The fourth-order valence-corrected chi connectivity index (χ4v) is 4.84. The van der Waals surface area contributed by atoms with Crippen molar-refractivity contribution < 1.29 is 13.2 Å². The minimum Gasteiger partial charge on any atom is -0.322 e. The molecule has 0 radical (unpaired) electrons. The average Bonchev–Trinajstić information content (AvgIpc) is 3.07. The third-order valence-corrected chi connectivity index (χ3v) is 6.80. The van der Waals surface area contributed by atoms with E-state index in [-0.39, 0.29) is 11.3 Å². The summed E-state index contributed by atoms with van der Waals surface area (Å²) in [6, 6.07) is 15.1. The van der Waals surface area contributed by atoms with Gasteiger partial charge in [-0.25, -0.2) is 18.1 Å². The highest BCUT2D eigenvalue weighted by Crippen LogP contribution is 2.21. The van der Waals surface area contributed by atoms with Crippen LogP contribution in [0.4, 0.5) is 0 Å². The molecule has 0 fully saturated rings. The molecular formula is C24H26N4O3S. The molecule has 2 aromatic heterocycles. The zero-order valence-corrected chi connectivity index (χ0v) is 19.0. The van der Waals surface area contributed by atoms with Crippen molar-refractivity contribution in [2.45, 2.75) is 39.7 Å². The zero-order chi connectivity index (χ0) is 22.7. The Morgan fingerprint density at radius 2 is 1.84 bits per heavy atom. The Bertz CT molecular complexity index is 1390. The van der Waals surface area contributed by atoms with Crippen molar-refractivity contribution in [2.75, 3.05) is 5.75 Å². The number of carbonyl (C=O) groups is 1. The summed E-state index contributed by atoms with van der Waals surface area (Å²) in [5, 5.41) is 2.18. The minimum atomic E-state index is -3.66. The second kappa shape index (κ2) is 9.08. The number of unbranched alkanes of at least 4 members (excludes halogenated alkanes) is 2. The van der Waals surface area contributed by atoms with Gasteiger partial charge in [-0.3, -0.25) is 9.78 Å². The van der Waals surface area contributed by atoms with Crippen LogP contribution in [0.15, 0.2) is 54.7 Å². The molecule has 0 unspecified atom stereocenters. The van der Waals surface area contributed by atoms with E-state index >= 15 is 0 Å². The van der Waals surface area contributed by atoms with Gasteiger partial charge in [-0.2, -0.15) is 0 Å². The van der Waals surface area contributed by atoms with E-state index in [0.717, 1.165) is 46.2 Å². The van der Waals surface area contributed by atoms with Crippen LogP contribution in [-0.2, 0) is 16.6 Å². The largest absolute Gasteiger partial charge is 0.322 e. The van der Waals surface area contributed by atoms with Crippen molar-refractivity contribution in [3.8, 4) is 0 Å². The molecule has 0 aliphatic heterocycles. The van der Waals surface area contributed by atoms with Gasteiger partial charge in [0.2, 0.25) is 10.0 Å². The van der Waals surface area contributed by atoms with E-state index in [9.17, 15) is 13.2 Å². The molecule has 7 nitrogen and oxygen atoms in total. The average molecular weight is 451 g/mol. The Morgan fingerprint density at radius 3 is 2.62 bits per heavy atom. The number of amides is 1. The number of hydrogen-bond donors (Lipinski definition) is 1. The van der Waals surface area contributed by atoms with Gasteiger partial charge in [-0.1, -0.05) is 44.0 Å². The summed E-state index contributed by atoms with van der Waals surface area (Å²) in [5.41, 5.74) is 2.66. The highest BCUT2D eigenvalue weighted by atomic mass is 32.2. The molecular weight excluding hydrogens is 424 g/mol. The van der Waals surface area contributed by atoms with Crippen molar-refractivity contribution in [2.24, 2.45) is 0 Å². The van der Waals surface area contributed by atoms with Gasteiger partial charge in [0.25, 0.3) is 5.91 Å². The van der Waals surface area contributed by atoms with Crippen molar-refractivity contribution in [1.82, 2.24) is 19.3 Å². The molecule has 1 N–H and O–H groups in total. The van der Waals surface area contributed by atoms with Gasteiger partial charge in [0.05, 0.1) is 29.0 Å². The van der Waals surface area contributed by atoms with E-state index in [1.54, 1.807) is 18.2 Å². The third-order valence-electron chi connectivity index (χ3n) is 5.47. The Kier molecular flexibility index (Phi) is 6.23. The van der Waals surface area contributed by atoms with E-state index in [2.05, 4.69) is 14.7 Å². The number of benzene rings is 2. The van der Waals surface area contributed by atoms with Crippen molar-refractivity contribution >= 4 is 37.7 Å². The molecule has 1 amide bonds. The number of fused-ring (bicyclic) bond motifs is 2. The number of imidazole rings is 1. The summed E-state index contributed by atoms with van der Waals surface area (Å²) in [4.78, 5) is 21.8. The normalized spacial score (nSPS) is 11.8. The number of aromatic nitrogens is 3. The number of hydrogen-bond acceptors (Lipinski definition) is 5. The van der Waals surface area contributed by atoms with Gasteiger partial charge in [0.1, 0.15) is 5.82 Å². The molecule has 166 valence electrons. The molecule has 2 aromatic carbocycles. The molecule has 0 aliphatic rings. The maximum atomic E-state index is 12.6. The quantitative estimate of drug-likeness (QED) is 0.406. The minimum absolute atomic E-state index is 0.0561. The SMILES string of the molecule is CCCCCS(=O)(=O)NC(=O)c1ccc2nc(C)n(Cc3cc4ccccc4cn3)c2c1. The molecule has 4 aromatic rings. The van der Waals surface area contributed by atoms with Crippen molar-refractivity contribution in [3.05, 3.63) is 71.8 Å². The van der Waals surface area contributed by atoms with Crippen LogP contribution < -0.4 is 4.72 Å². The van der Waals surface area contributed by atoms with Crippen LogP contribution in [0.5, 0.6) is 0 Å². The second-order valence-corrected chi connectivity index (χ2v) is 9.77. The summed E-state index contributed by atoms with van der Waals surface area (Å²) < 4.78 is 28.6. The molecule has 2 heterocycles. The molecule has 8 heteroatoms. The van der Waals surface area contributed by atoms with Crippen LogP contribution in [0.2, 0.25) is 0 Å². The molecule has 32 heavy (non-hydrogen) atoms. The first kappa shape index (κ1) is 22.0. The highest BCUT2D eigenvalue weighted by molar-refractivity contribution is 7.90. The zero-order valence-electron chi connectivity index (χ0n) is 18.2. The monoisotopic (exact) mass is 450 g/mol. The molecule has 4 rings (SSSR count). The Balaban J connectivity index is 1.61. The maximum absolute atomic E-state index is 12.6. The lowest BCUT2D eigenvalue weighted by Gasteiger charge is -2.09.